The van der Waals surface area contributed by atoms with Crippen LogP contribution in [0, 0.1) is 5.82 Å². The third-order valence-corrected chi connectivity index (χ3v) is 4.32. The van der Waals surface area contributed by atoms with Crippen LogP contribution in [0.4, 0.5) is 4.39 Å². The molecule has 0 saturated heterocycles. The molecule has 0 N–H and O–H groups in total. The Morgan fingerprint density at radius 2 is 1.97 bits per heavy atom. The molecule has 0 bridgehead atoms. The molecule has 3 aromatic rings. The predicted molar refractivity (Wildman–Crippen MR) is 103 cm³/mol. The maximum absolute atomic E-state index is 13.4. The number of hydrogen-bond donors (Lipinski definition) is 0. The van der Waals surface area contributed by atoms with Crippen molar-refractivity contribution in [3.05, 3.63) is 87.7 Å². The van der Waals surface area contributed by atoms with Crippen molar-refractivity contribution < 1.29 is 27.9 Å². The molecule has 3 rings (SSSR count). The summed E-state index contributed by atoms with van der Waals surface area (Å²) in [6.45, 7) is 1.99. The normalized spacial score (nSPS) is 11.7. The Balaban J connectivity index is 1.87. The molecule has 2 heterocycles. The lowest BCUT2D eigenvalue weighted by Gasteiger charge is -2.13. The van der Waals surface area contributed by atoms with Gasteiger partial charge < -0.3 is 18.5 Å². The summed E-state index contributed by atoms with van der Waals surface area (Å²) in [6, 6.07) is 9.23. The molecule has 0 amide bonds. The van der Waals surface area contributed by atoms with E-state index in [9.17, 15) is 18.8 Å². The zero-order valence-corrected chi connectivity index (χ0v) is 16.3. The number of methoxy groups -OCH3 is 1. The molecule has 8 nitrogen and oxygen atoms in total. The van der Waals surface area contributed by atoms with Gasteiger partial charge in [0.25, 0.3) is 5.56 Å². The van der Waals surface area contributed by atoms with Crippen LogP contribution in [-0.2, 0) is 20.8 Å². The smallest absolute Gasteiger partial charge is 0.375 e. The van der Waals surface area contributed by atoms with Crippen molar-refractivity contribution in [2.75, 3.05) is 13.7 Å². The molecule has 0 fully saturated rings. The molecule has 0 aliphatic carbocycles. The van der Waals surface area contributed by atoms with Gasteiger partial charge in [0.05, 0.1) is 26.5 Å². The van der Waals surface area contributed by atoms with Crippen LogP contribution in [-0.4, -0.2) is 35.2 Å². The van der Waals surface area contributed by atoms with Gasteiger partial charge in [-0.25, -0.2) is 14.2 Å². The van der Waals surface area contributed by atoms with Crippen molar-refractivity contribution in [3.63, 3.8) is 0 Å². The number of aromatic nitrogens is 2. The molecular formula is C21H19FN2O6. The zero-order chi connectivity index (χ0) is 21.7. The molecule has 2 aromatic heterocycles. The summed E-state index contributed by atoms with van der Waals surface area (Å²) in [4.78, 5) is 40.0. The summed E-state index contributed by atoms with van der Waals surface area (Å²) < 4.78 is 29.8. The number of esters is 2. The Kier molecular flexibility index (Phi) is 6.41. The average molecular weight is 414 g/mol. The summed E-state index contributed by atoms with van der Waals surface area (Å²) >= 11 is 0. The van der Waals surface area contributed by atoms with Crippen LogP contribution in [0.25, 0.3) is 0 Å². The highest BCUT2D eigenvalue weighted by atomic mass is 19.1. The minimum absolute atomic E-state index is 0.0148. The monoisotopic (exact) mass is 414 g/mol. The summed E-state index contributed by atoms with van der Waals surface area (Å²) in [5.41, 5.74) is 0.504. The number of oxazole rings is 1. The number of benzene rings is 1. The Morgan fingerprint density at radius 3 is 2.63 bits per heavy atom. The fourth-order valence-corrected chi connectivity index (χ4v) is 2.86. The van der Waals surface area contributed by atoms with Crippen molar-refractivity contribution >= 4 is 11.9 Å². The second-order valence-corrected chi connectivity index (χ2v) is 6.27. The average Bonchev–Trinajstić information content (AvgIpc) is 3.22. The lowest BCUT2D eigenvalue weighted by atomic mass is 9.98. The standard InChI is InChI=1S/C21H19FN2O6/c1-3-29-20(26)16-11-23-18(30-16)17(21(27)28-2)14-8-6-13(7-9-14)12-24-10-4-5-15(22)19(24)25/h4-11,17H,3,12H2,1-2H3. The van der Waals surface area contributed by atoms with E-state index >= 15 is 0 Å². The number of carbonyl (C=O) groups is 2. The van der Waals surface area contributed by atoms with Gasteiger partial charge in [-0.2, -0.15) is 0 Å². The highest BCUT2D eigenvalue weighted by molar-refractivity contribution is 5.86. The third kappa shape index (κ3) is 4.45. The van der Waals surface area contributed by atoms with E-state index in [0.29, 0.717) is 5.56 Å². The van der Waals surface area contributed by atoms with Crippen LogP contribution in [0.3, 0.4) is 0 Å². The van der Waals surface area contributed by atoms with E-state index < -0.39 is 29.2 Å². The van der Waals surface area contributed by atoms with Gasteiger partial charge in [-0.15, -0.1) is 0 Å². The molecule has 1 atom stereocenters. The molecule has 0 aliphatic heterocycles. The largest absolute Gasteiger partial charge is 0.468 e. The van der Waals surface area contributed by atoms with Gasteiger partial charge in [-0.05, 0) is 30.2 Å². The van der Waals surface area contributed by atoms with Crippen LogP contribution < -0.4 is 5.56 Å². The van der Waals surface area contributed by atoms with E-state index in [1.54, 1.807) is 31.2 Å². The lowest BCUT2D eigenvalue weighted by molar-refractivity contribution is -0.141. The molecule has 9 heteroatoms. The highest BCUT2D eigenvalue weighted by Crippen LogP contribution is 2.26. The molecule has 0 radical (unpaired) electrons. The summed E-state index contributed by atoms with van der Waals surface area (Å²) in [5, 5.41) is 0. The van der Waals surface area contributed by atoms with E-state index in [1.807, 2.05) is 0 Å². The second kappa shape index (κ2) is 9.17. The van der Waals surface area contributed by atoms with Crippen molar-refractivity contribution in [1.82, 2.24) is 9.55 Å². The van der Waals surface area contributed by atoms with Crippen molar-refractivity contribution in [3.8, 4) is 0 Å². The van der Waals surface area contributed by atoms with Gasteiger partial charge in [0, 0.05) is 6.20 Å². The number of nitrogens with zero attached hydrogens (tertiary/aromatic N) is 2. The Labute approximate surface area is 170 Å². The molecule has 0 aliphatic rings. The van der Waals surface area contributed by atoms with Gasteiger partial charge in [0.1, 0.15) is 0 Å². The lowest BCUT2D eigenvalue weighted by Crippen LogP contribution is -2.22. The highest BCUT2D eigenvalue weighted by Gasteiger charge is 2.29. The topological polar surface area (TPSA) is 101 Å². The van der Waals surface area contributed by atoms with E-state index in [-0.39, 0.29) is 24.8 Å². The third-order valence-electron chi connectivity index (χ3n) is 4.32. The first-order valence-electron chi connectivity index (χ1n) is 9.09. The predicted octanol–water partition coefficient (Wildman–Crippen LogP) is 2.51. The van der Waals surface area contributed by atoms with Gasteiger partial charge in [0.2, 0.25) is 11.7 Å². The quantitative estimate of drug-likeness (QED) is 0.548. The first kappa shape index (κ1) is 21.0. The first-order chi connectivity index (χ1) is 14.4. The SMILES string of the molecule is CCOC(=O)c1cnc(C(C(=O)OC)c2ccc(Cn3cccc(F)c3=O)cc2)o1. The summed E-state index contributed by atoms with van der Waals surface area (Å²) in [6.07, 6.45) is 2.67. The minimum atomic E-state index is -0.996. The van der Waals surface area contributed by atoms with E-state index in [4.69, 9.17) is 13.9 Å². The maximum atomic E-state index is 13.4. The van der Waals surface area contributed by atoms with Gasteiger partial charge in [-0.3, -0.25) is 9.59 Å². The number of carbonyl (C=O) groups excluding carboxylic acids is 2. The van der Waals surface area contributed by atoms with Crippen LogP contribution in [0.15, 0.2) is 58.0 Å². The maximum Gasteiger partial charge on any atom is 0.375 e. The minimum Gasteiger partial charge on any atom is -0.468 e. The van der Waals surface area contributed by atoms with Crippen molar-refractivity contribution in [1.29, 1.82) is 0 Å². The van der Waals surface area contributed by atoms with Crippen LogP contribution in [0.1, 0.15) is 40.4 Å². The molecule has 1 aromatic carbocycles. The van der Waals surface area contributed by atoms with E-state index in [0.717, 1.165) is 11.6 Å². The van der Waals surface area contributed by atoms with Gasteiger partial charge >= 0.3 is 11.9 Å². The molecule has 156 valence electrons. The van der Waals surface area contributed by atoms with E-state index in [1.165, 1.54) is 30.1 Å². The molecule has 1 unspecified atom stereocenters. The summed E-state index contributed by atoms with van der Waals surface area (Å²) in [7, 11) is 1.23. The number of halogens is 1. The van der Waals surface area contributed by atoms with Crippen LogP contribution >= 0.6 is 0 Å². The molecular weight excluding hydrogens is 395 g/mol. The van der Waals surface area contributed by atoms with Crippen LogP contribution in [0.2, 0.25) is 0 Å². The molecule has 0 spiro atoms. The fraction of sp³-hybridized carbons (Fsp3) is 0.238. The molecule has 0 saturated carbocycles. The fourth-order valence-electron chi connectivity index (χ4n) is 2.86. The number of hydrogen-bond acceptors (Lipinski definition) is 7. The number of pyridine rings is 1. The first-order valence-corrected chi connectivity index (χ1v) is 9.09. The zero-order valence-electron chi connectivity index (χ0n) is 16.3. The second-order valence-electron chi connectivity index (χ2n) is 6.27. The van der Waals surface area contributed by atoms with Gasteiger partial charge in [0.15, 0.2) is 11.7 Å². The van der Waals surface area contributed by atoms with E-state index in [2.05, 4.69) is 4.98 Å². The Hall–Kier alpha value is -3.75. The van der Waals surface area contributed by atoms with Gasteiger partial charge in [-0.1, -0.05) is 24.3 Å². The Bertz CT molecular complexity index is 1100. The number of rotatable bonds is 7. The molecule has 30 heavy (non-hydrogen) atoms. The van der Waals surface area contributed by atoms with Crippen LogP contribution in [0.5, 0.6) is 0 Å². The number of ether oxygens (including phenoxy) is 2. The van der Waals surface area contributed by atoms with Crippen molar-refractivity contribution in [2.45, 2.75) is 19.4 Å². The van der Waals surface area contributed by atoms with Crippen molar-refractivity contribution in [2.24, 2.45) is 0 Å². The summed E-state index contributed by atoms with van der Waals surface area (Å²) in [5.74, 6) is -3.27. The Morgan fingerprint density at radius 1 is 1.23 bits per heavy atom.